The van der Waals surface area contributed by atoms with Crippen LogP contribution in [0.1, 0.15) is 6.42 Å². The first kappa shape index (κ1) is 13.3. The van der Waals surface area contributed by atoms with Gasteiger partial charge in [-0.3, -0.25) is 4.57 Å². The molecule has 1 N–H and O–H groups in total. The third-order valence-corrected chi connectivity index (χ3v) is 5.30. The van der Waals surface area contributed by atoms with Gasteiger partial charge in [-0.1, -0.05) is 0 Å². The molecule has 0 radical (unpaired) electrons. The van der Waals surface area contributed by atoms with Gasteiger partial charge in [0.15, 0.2) is 0 Å². The fourth-order valence-electron chi connectivity index (χ4n) is 0.840. The van der Waals surface area contributed by atoms with Crippen molar-refractivity contribution in [1.82, 2.24) is 0 Å². The van der Waals surface area contributed by atoms with Gasteiger partial charge in [0, 0.05) is 14.2 Å². The van der Waals surface area contributed by atoms with Crippen LogP contribution < -0.4 is 0 Å². The van der Waals surface area contributed by atoms with Crippen molar-refractivity contribution in [1.29, 1.82) is 0 Å². The van der Waals surface area contributed by atoms with Crippen LogP contribution in [-0.4, -0.2) is 34.3 Å². The molecule has 0 heterocycles. The van der Waals surface area contributed by atoms with Crippen molar-refractivity contribution in [3.63, 3.8) is 0 Å². The summed E-state index contributed by atoms with van der Waals surface area (Å²) in [6, 6.07) is 0.759. The van der Waals surface area contributed by atoms with Gasteiger partial charge in [0.25, 0.3) is 0 Å². The summed E-state index contributed by atoms with van der Waals surface area (Å²) in [5.41, 5.74) is 0. The minimum absolute atomic E-state index is 0.281. The summed E-state index contributed by atoms with van der Waals surface area (Å²) in [4.78, 5) is 8.37. The Hall–Kier alpha value is 0.287. The summed E-state index contributed by atoms with van der Waals surface area (Å²) in [5, 5.41) is 0. The molecule has 13 heavy (non-hydrogen) atoms. The lowest BCUT2D eigenvalue weighted by atomic mass is 10.5. The molecule has 0 aliphatic carbocycles. The van der Waals surface area contributed by atoms with Crippen molar-refractivity contribution in [3.8, 4) is 0 Å². The molecule has 0 spiro atoms. The molecule has 0 saturated carbocycles. The molecule has 80 valence electrons. The maximum absolute atomic E-state index is 10.2. The van der Waals surface area contributed by atoms with E-state index in [-0.39, 0.29) is 6.61 Å². The van der Waals surface area contributed by atoms with Crippen LogP contribution in [-0.2, 0) is 17.9 Å². The average Bonchev–Trinajstić information content (AvgIpc) is 2.12. The van der Waals surface area contributed by atoms with E-state index in [0.29, 0.717) is 6.42 Å². The topological polar surface area (TPSA) is 65.0 Å². The van der Waals surface area contributed by atoms with Crippen molar-refractivity contribution in [2.24, 2.45) is 0 Å². The number of rotatable bonds is 7. The zero-order valence-electron chi connectivity index (χ0n) is 8.20. The molecule has 0 bridgehead atoms. The van der Waals surface area contributed by atoms with Crippen LogP contribution >= 0.6 is 8.25 Å². The van der Waals surface area contributed by atoms with Gasteiger partial charge in [-0.15, -0.1) is 0 Å². The van der Waals surface area contributed by atoms with Crippen LogP contribution in [0, 0.1) is 0 Å². The van der Waals surface area contributed by atoms with Crippen LogP contribution in [0.25, 0.3) is 0 Å². The van der Waals surface area contributed by atoms with Gasteiger partial charge < -0.3 is 18.3 Å². The Kier molecular flexibility index (Phi) is 6.85. The second kappa shape index (κ2) is 6.70. The molecule has 0 aromatic carbocycles. The molecule has 5 nitrogen and oxygen atoms in total. The van der Waals surface area contributed by atoms with Gasteiger partial charge >= 0.3 is 16.8 Å². The van der Waals surface area contributed by atoms with Crippen molar-refractivity contribution >= 4 is 16.8 Å². The van der Waals surface area contributed by atoms with E-state index in [0.717, 1.165) is 6.04 Å². The Balaban J connectivity index is 3.55. The van der Waals surface area contributed by atoms with E-state index in [1.807, 2.05) is 6.55 Å². The van der Waals surface area contributed by atoms with Gasteiger partial charge in [-0.05, 0) is 19.0 Å². The van der Waals surface area contributed by atoms with Crippen molar-refractivity contribution in [3.05, 3.63) is 0 Å². The highest BCUT2D eigenvalue weighted by Crippen LogP contribution is 2.18. The van der Waals surface area contributed by atoms with Gasteiger partial charge in [0.1, 0.15) is 0 Å². The molecule has 1 atom stereocenters. The van der Waals surface area contributed by atoms with E-state index in [1.165, 1.54) is 0 Å². The zero-order chi connectivity index (χ0) is 10.3. The van der Waals surface area contributed by atoms with Crippen LogP contribution in [0.15, 0.2) is 0 Å². The first-order valence-electron chi connectivity index (χ1n) is 4.00. The van der Waals surface area contributed by atoms with Crippen molar-refractivity contribution < 1.29 is 22.8 Å². The molecular weight excluding hydrogens is 211 g/mol. The van der Waals surface area contributed by atoms with Crippen LogP contribution in [0.5, 0.6) is 0 Å². The van der Waals surface area contributed by atoms with Gasteiger partial charge in [-0.25, -0.2) is 0 Å². The molecule has 7 heteroatoms. The minimum Gasteiger partial charge on any atom is -0.398 e. The lowest BCUT2D eigenvalue weighted by molar-refractivity contribution is 0.238. The van der Waals surface area contributed by atoms with E-state index in [1.54, 1.807) is 14.2 Å². The summed E-state index contributed by atoms with van der Waals surface area (Å²) in [7, 11) is -1.57. The SMILES string of the molecule is CO[Si](C)(CCCO[PH](=O)O)OC. The Morgan fingerprint density at radius 3 is 2.31 bits per heavy atom. The lowest BCUT2D eigenvalue weighted by Crippen LogP contribution is -2.36. The van der Waals surface area contributed by atoms with E-state index in [2.05, 4.69) is 4.52 Å². The van der Waals surface area contributed by atoms with E-state index in [4.69, 9.17) is 13.7 Å². The summed E-state index contributed by atoms with van der Waals surface area (Å²) in [6.45, 7) is 2.22. The van der Waals surface area contributed by atoms with Crippen molar-refractivity contribution in [2.45, 2.75) is 19.0 Å². The smallest absolute Gasteiger partial charge is 0.334 e. The number of hydrogen-bond donors (Lipinski definition) is 1. The Bertz CT molecular complexity index is 161. The summed E-state index contributed by atoms with van der Waals surface area (Å²) in [5.74, 6) is 0. The molecular formula is C6H17O5PSi. The molecule has 0 aliphatic heterocycles. The summed E-state index contributed by atoms with van der Waals surface area (Å²) >= 11 is 0. The standard InChI is InChI=1S/C6H17O5PSi/c1-9-13(3,10-2)6-4-5-11-12(7)8/h12H,4-6H2,1-3H3,(H,7,8). The quantitative estimate of drug-likeness (QED) is 0.402. The Morgan fingerprint density at radius 1 is 1.38 bits per heavy atom. The Labute approximate surface area is 80.2 Å². The maximum Gasteiger partial charge on any atom is 0.334 e. The molecule has 0 fully saturated rings. The first-order valence-corrected chi connectivity index (χ1v) is 7.79. The largest absolute Gasteiger partial charge is 0.398 e. The predicted octanol–water partition coefficient (Wildman–Crippen LogP) is 1.14. The number of hydrogen-bond acceptors (Lipinski definition) is 4. The molecule has 1 unspecified atom stereocenters. The summed E-state index contributed by atoms with van der Waals surface area (Å²) < 4.78 is 25.2. The molecule has 0 aromatic rings. The van der Waals surface area contributed by atoms with Gasteiger partial charge in [-0.2, -0.15) is 0 Å². The maximum atomic E-state index is 10.2. The van der Waals surface area contributed by atoms with E-state index >= 15 is 0 Å². The first-order chi connectivity index (χ1) is 6.04. The predicted molar refractivity (Wildman–Crippen MR) is 52.2 cm³/mol. The third-order valence-electron chi connectivity index (χ3n) is 1.86. The molecule has 0 rings (SSSR count). The molecule has 0 aliphatic rings. The van der Waals surface area contributed by atoms with Crippen LogP contribution in [0.2, 0.25) is 12.6 Å². The molecule has 0 saturated heterocycles. The average molecular weight is 228 g/mol. The fourth-order valence-corrected chi connectivity index (χ4v) is 2.52. The second-order valence-electron chi connectivity index (χ2n) is 2.76. The molecule has 0 aromatic heterocycles. The summed E-state index contributed by atoms with van der Waals surface area (Å²) in [6.07, 6.45) is 0.682. The second-order valence-corrected chi connectivity index (χ2v) is 7.16. The highest BCUT2D eigenvalue weighted by Gasteiger charge is 2.27. The monoisotopic (exact) mass is 228 g/mol. The highest BCUT2D eigenvalue weighted by molar-refractivity contribution is 7.32. The lowest BCUT2D eigenvalue weighted by Gasteiger charge is -2.22. The minimum atomic E-state index is -2.78. The molecule has 0 amide bonds. The third kappa shape index (κ3) is 6.37. The fraction of sp³-hybridized carbons (Fsp3) is 1.00. The van der Waals surface area contributed by atoms with E-state index in [9.17, 15) is 4.57 Å². The Morgan fingerprint density at radius 2 is 1.92 bits per heavy atom. The zero-order valence-corrected chi connectivity index (χ0v) is 10.2. The highest BCUT2D eigenvalue weighted by atomic mass is 31.1. The van der Waals surface area contributed by atoms with Crippen molar-refractivity contribution in [2.75, 3.05) is 20.8 Å². The van der Waals surface area contributed by atoms with Crippen LogP contribution in [0.4, 0.5) is 0 Å². The van der Waals surface area contributed by atoms with E-state index < -0.39 is 16.8 Å². The normalized spacial score (nSPS) is 14.5. The van der Waals surface area contributed by atoms with Crippen LogP contribution in [0.3, 0.4) is 0 Å². The van der Waals surface area contributed by atoms with Gasteiger partial charge in [0.05, 0.1) is 6.61 Å². The van der Waals surface area contributed by atoms with Gasteiger partial charge in [0.2, 0.25) is 0 Å².